The van der Waals surface area contributed by atoms with Crippen LogP contribution in [0.25, 0.3) is 11.1 Å². The number of hydrogen-bond donors (Lipinski definition) is 1. The highest BCUT2D eigenvalue weighted by Crippen LogP contribution is 2.29. The number of carbonyl (C=O) groups is 1. The molecule has 0 saturated carbocycles. The van der Waals surface area contributed by atoms with Crippen molar-refractivity contribution in [3.63, 3.8) is 0 Å². The Labute approximate surface area is 182 Å². The SMILES string of the molecule is O=C(Nc1nnc(SCc2cccc(Cl)c2)s1)c1ccc(-c2ccccc2)cc1. The molecule has 0 bridgehead atoms. The fraction of sp³-hybridized carbons (Fsp3) is 0.0455. The zero-order valence-corrected chi connectivity index (χ0v) is 17.6. The number of rotatable bonds is 6. The minimum atomic E-state index is -0.202. The highest BCUT2D eigenvalue weighted by atomic mass is 35.5. The van der Waals surface area contributed by atoms with Crippen LogP contribution in [-0.4, -0.2) is 16.1 Å². The van der Waals surface area contributed by atoms with Gasteiger partial charge in [-0.05, 0) is 41.0 Å². The summed E-state index contributed by atoms with van der Waals surface area (Å²) >= 11 is 8.92. The van der Waals surface area contributed by atoms with Crippen LogP contribution in [0.15, 0.2) is 83.2 Å². The van der Waals surface area contributed by atoms with Crippen molar-refractivity contribution in [2.75, 3.05) is 5.32 Å². The van der Waals surface area contributed by atoms with Crippen molar-refractivity contribution < 1.29 is 4.79 Å². The molecule has 1 amide bonds. The molecule has 7 heteroatoms. The second-order valence-corrected chi connectivity index (χ2v) is 8.83. The van der Waals surface area contributed by atoms with Crippen molar-refractivity contribution in [3.05, 3.63) is 95.0 Å². The van der Waals surface area contributed by atoms with Crippen LogP contribution in [0.1, 0.15) is 15.9 Å². The van der Waals surface area contributed by atoms with Crippen LogP contribution >= 0.6 is 34.7 Å². The first-order valence-electron chi connectivity index (χ1n) is 8.85. The number of amides is 1. The van der Waals surface area contributed by atoms with Gasteiger partial charge in [-0.1, -0.05) is 89.3 Å². The van der Waals surface area contributed by atoms with E-state index in [1.807, 2.05) is 78.9 Å². The molecule has 0 atom stereocenters. The monoisotopic (exact) mass is 437 g/mol. The zero-order valence-electron chi connectivity index (χ0n) is 15.2. The molecule has 0 radical (unpaired) electrons. The largest absolute Gasteiger partial charge is 0.296 e. The molecular formula is C22H16ClN3OS2. The van der Waals surface area contributed by atoms with E-state index in [-0.39, 0.29) is 5.91 Å². The van der Waals surface area contributed by atoms with Crippen LogP contribution < -0.4 is 5.32 Å². The van der Waals surface area contributed by atoms with Crippen LogP contribution in [-0.2, 0) is 5.75 Å². The zero-order chi connectivity index (χ0) is 20.1. The fourth-order valence-electron chi connectivity index (χ4n) is 2.70. The number of nitrogens with one attached hydrogen (secondary N) is 1. The molecule has 0 saturated heterocycles. The Morgan fingerprint density at radius 3 is 2.45 bits per heavy atom. The van der Waals surface area contributed by atoms with Crippen LogP contribution in [0, 0.1) is 0 Å². The number of thioether (sulfide) groups is 1. The standard InChI is InChI=1S/C22H16ClN3OS2/c23-19-8-4-5-15(13-19)14-28-22-26-25-21(29-22)24-20(27)18-11-9-17(10-12-18)16-6-2-1-3-7-16/h1-13H,14H2,(H,24,25,27). The Balaban J connectivity index is 1.36. The number of aromatic nitrogens is 2. The van der Waals surface area contributed by atoms with E-state index in [2.05, 4.69) is 15.5 Å². The van der Waals surface area contributed by atoms with E-state index in [1.54, 1.807) is 11.8 Å². The Hall–Kier alpha value is -2.67. The van der Waals surface area contributed by atoms with Crippen molar-refractivity contribution in [3.8, 4) is 11.1 Å². The van der Waals surface area contributed by atoms with Gasteiger partial charge in [0, 0.05) is 16.3 Å². The Kier molecular flexibility index (Phi) is 6.24. The molecule has 1 N–H and O–H groups in total. The first-order chi connectivity index (χ1) is 14.2. The maximum Gasteiger partial charge on any atom is 0.257 e. The maximum atomic E-state index is 12.5. The van der Waals surface area contributed by atoms with Crippen LogP contribution in [0.2, 0.25) is 5.02 Å². The summed E-state index contributed by atoms with van der Waals surface area (Å²) in [6.45, 7) is 0. The summed E-state index contributed by atoms with van der Waals surface area (Å²) in [7, 11) is 0. The van der Waals surface area contributed by atoms with Gasteiger partial charge in [0.2, 0.25) is 5.13 Å². The van der Waals surface area contributed by atoms with E-state index in [1.165, 1.54) is 11.3 Å². The quantitative estimate of drug-likeness (QED) is 0.280. The summed E-state index contributed by atoms with van der Waals surface area (Å²) in [6, 6.07) is 25.3. The average molecular weight is 438 g/mol. The molecule has 1 aromatic heterocycles. The highest BCUT2D eigenvalue weighted by Gasteiger charge is 2.11. The number of anilines is 1. The maximum absolute atomic E-state index is 12.5. The van der Waals surface area contributed by atoms with Crippen molar-refractivity contribution in [2.24, 2.45) is 0 Å². The topological polar surface area (TPSA) is 54.9 Å². The lowest BCUT2D eigenvalue weighted by Crippen LogP contribution is -2.11. The fourth-order valence-corrected chi connectivity index (χ4v) is 4.61. The minimum absolute atomic E-state index is 0.202. The smallest absolute Gasteiger partial charge is 0.257 e. The molecule has 144 valence electrons. The summed E-state index contributed by atoms with van der Waals surface area (Å²) in [4.78, 5) is 12.5. The Bertz CT molecular complexity index is 1110. The van der Waals surface area contributed by atoms with E-state index < -0.39 is 0 Å². The van der Waals surface area contributed by atoms with Gasteiger partial charge in [0.25, 0.3) is 5.91 Å². The van der Waals surface area contributed by atoms with Crippen LogP contribution in [0.4, 0.5) is 5.13 Å². The molecule has 3 aromatic carbocycles. The lowest BCUT2D eigenvalue weighted by molar-refractivity contribution is 0.102. The molecule has 4 rings (SSSR count). The molecule has 0 aliphatic heterocycles. The number of hydrogen-bond acceptors (Lipinski definition) is 5. The molecule has 4 nitrogen and oxygen atoms in total. The molecule has 4 aromatic rings. The summed E-state index contributed by atoms with van der Waals surface area (Å²) in [6.07, 6.45) is 0. The van der Waals surface area contributed by atoms with E-state index in [9.17, 15) is 4.79 Å². The van der Waals surface area contributed by atoms with Gasteiger partial charge in [-0.15, -0.1) is 10.2 Å². The normalized spacial score (nSPS) is 10.7. The van der Waals surface area contributed by atoms with Gasteiger partial charge >= 0.3 is 0 Å². The van der Waals surface area contributed by atoms with E-state index in [4.69, 9.17) is 11.6 Å². The molecule has 0 aliphatic rings. The summed E-state index contributed by atoms with van der Waals surface area (Å²) < 4.78 is 0.791. The third kappa shape index (κ3) is 5.23. The molecule has 29 heavy (non-hydrogen) atoms. The van der Waals surface area contributed by atoms with Gasteiger partial charge in [0.15, 0.2) is 4.34 Å². The van der Waals surface area contributed by atoms with Gasteiger partial charge in [0.05, 0.1) is 0 Å². The molecular weight excluding hydrogens is 422 g/mol. The summed E-state index contributed by atoms with van der Waals surface area (Å²) in [5, 5.41) is 12.2. The summed E-state index contributed by atoms with van der Waals surface area (Å²) in [5.74, 6) is 0.538. The number of carbonyl (C=O) groups excluding carboxylic acids is 1. The highest BCUT2D eigenvalue weighted by molar-refractivity contribution is 8.00. The van der Waals surface area contributed by atoms with Crippen LogP contribution in [0.3, 0.4) is 0 Å². The molecule has 1 heterocycles. The lowest BCUT2D eigenvalue weighted by Gasteiger charge is -2.04. The van der Waals surface area contributed by atoms with Crippen molar-refractivity contribution in [1.29, 1.82) is 0 Å². The Morgan fingerprint density at radius 1 is 0.931 bits per heavy atom. The second kappa shape index (κ2) is 9.22. The number of benzene rings is 3. The molecule has 0 fully saturated rings. The first kappa shape index (κ1) is 19.6. The third-order valence-electron chi connectivity index (χ3n) is 4.13. The van der Waals surface area contributed by atoms with Crippen molar-refractivity contribution in [1.82, 2.24) is 10.2 Å². The number of nitrogens with zero attached hydrogens (tertiary/aromatic N) is 2. The molecule has 0 aliphatic carbocycles. The van der Waals surface area contributed by atoms with Gasteiger partial charge in [-0.25, -0.2) is 0 Å². The van der Waals surface area contributed by atoms with Gasteiger partial charge in [-0.2, -0.15) is 0 Å². The van der Waals surface area contributed by atoms with Crippen molar-refractivity contribution >= 4 is 45.7 Å². The van der Waals surface area contributed by atoms with E-state index in [0.717, 1.165) is 26.8 Å². The molecule has 0 unspecified atom stereocenters. The third-order valence-corrected chi connectivity index (χ3v) is 6.41. The van der Waals surface area contributed by atoms with Gasteiger partial charge in [-0.3, -0.25) is 10.1 Å². The summed E-state index contributed by atoms with van der Waals surface area (Å²) in [5.41, 5.74) is 3.87. The van der Waals surface area contributed by atoms with E-state index >= 15 is 0 Å². The van der Waals surface area contributed by atoms with E-state index in [0.29, 0.717) is 15.7 Å². The van der Waals surface area contributed by atoms with Gasteiger partial charge in [0.1, 0.15) is 0 Å². The number of halogens is 1. The minimum Gasteiger partial charge on any atom is -0.296 e. The van der Waals surface area contributed by atoms with Gasteiger partial charge < -0.3 is 0 Å². The van der Waals surface area contributed by atoms with Crippen LogP contribution in [0.5, 0.6) is 0 Å². The first-order valence-corrected chi connectivity index (χ1v) is 11.0. The van der Waals surface area contributed by atoms with Crippen molar-refractivity contribution in [2.45, 2.75) is 10.1 Å². The lowest BCUT2D eigenvalue weighted by atomic mass is 10.0. The Morgan fingerprint density at radius 2 is 1.69 bits per heavy atom. The molecule has 0 spiro atoms. The second-order valence-electron chi connectivity index (χ2n) is 6.19. The predicted octanol–water partition coefficient (Wildman–Crippen LogP) is 6.40. The average Bonchev–Trinajstić information content (AvgIpc) is 3.20. The predicted molar refractivity (Wildman–Crippen MR) is 121 cm³/mol.